The fourth-order valence-electron chi connectivity index (χ4n) is 8.29. The molecule has 0 aromatic heterocycles. The number of anilines is 3. The van der Waals surface area contributed by atoms with Crippen LogP contribution in [-0.2, 0) is 0 Å². The number of benzene rings is 10. The van der Waals surface area contributed by atoms with E-state index in [2.05, 4.69) is 241 Å². The van der Waals surface area contributed by atoms with Crippen LogP contribution in [0.5, 0.6) is 0 Å². The Balaban J connectivity index is 1.21. The zero-order chi connectivity index (χ0) is 38.0. The number of nitrogens with zero attached hydrogens (tertiary/aromatic N) is 1. The lowest BCUT2D eigenvalue weighted by atomic mass is 9.90. The highest BCUT2D eigenvalue weighted by Gasteiger charge is 2.23. The largest absolute Gasteiger partial charge is 0.309 e. The zero-order valence-electron chi connectivity index (χ0n) is 31.5. The summed E-state index contributed by atoms with van der Waals surface area (Å²) in [5.41, 5.74) is 15.2. The summed E-state index contributed by atoms with van der Waals surface area (Å²) in [6.07, 6.45) is 0. The predicted octanol–water partition coefficient (Wildman–Crippen LogP) is 15.8. The summed E-state index contributed by atoms with van der Waals surface area (Å²) in [6.45, 7) is 0. The highest BCUT2D eigenvalue weighted by atomic mass is 15.1. The molecule has 0 saturated heterocycles. The minimum Gasteiger partial charge on any atom is -0.309 e. The van der Waals surface area contributed by atoms with Gasteiger partial charge in [-0.05, 0) is 102 Å². The Morgan fingerprint density at radius 3 is 1.42 bits per heavy atom. The van der Waals surface area contributed by atoms with Crippen molar-refractivity contribution in [3.05, 3.63) is 237 Å². The van der Waals surface area contributed by atoms with Crippen molar-refractivity contribution in [1.29, 1.82) is 0 Å². The molecule has 0 aliphatic rings. The summed E-state index contributed by atoms with van der Waals surface area (Å²) in [4.78, 5) is 2.46. The third-order valence-corrected chi connectivity index (χ3v) is 11.1. The molecule has 1 heteroatoms. The van der Waals surface area contributed by atoms with Crippen LogP contribution >= 0.6 is 0 Å². The van der Waals surface area contributed by atoms with Gasteiger partial charge in [-0.15, -0.1) is 0 Å². The second-order valence-electron chi connectivity index (χ2n) is 14.5. The quantitative estimate of drug-likeness (QED) is 0.151. The van der Waals surface area contributed by atoms with E-state index in [1.807, 2.05) is 0 Å². The number of fused-ring (bicyclic) bond motifs is 2. The van der Waals surface area contributed by atoms with Gasteiger partial charge in [-0.2, -0.15) is 0 Å². The summed E-state index contributed by atoms with van der Waals surface area (Å²) >= 11 is 0. The summed E-state index contributed by atoms with van der Waals surface area (Å²) < 4.78 is 0. The molecule has 0 amide bonds. The van der Waals surface area contributed by atoms with Crippen molar-refractivity contribution in [2.24, 2.45) is 0 Å². The van der Waals surface area contributed by atoms with Gasteiger partial charge < -0.3 is 4.90 Å². The molecule has 0 fully saturated rings. The van der Waals surface area contributed by atoms with Crippen LogP contribution in [0.2, 0.25) is 0 Å². The van der Waals surface area contributed by atoms with Crippen LogP contribution < -0.4 is 4.90 Å². The van der Waals surface area contributed by atoms with Crippen LogP contribution in [0.1, 0.15) is 0 Å². The Hall–Kier alpha value is -7.48. The van der Waals surface area contributed by atoms with E-state index in [0.29, 0.717) is 0 Å². The van der Waals surface area contributed by atoms with Gasteiger partial charge in [-0.25, -0.2) is 0 Å². The van der Waals surface area contributed by atoms with Crippen LogP contribution in [0.15, 0.2) is 237 Å². The Morgan fingerprint density at radius 1 is 0.228 bits per heavy atom. The molecule has 0 radical (unpaired) electrons. The second kappa shape index (κ2) is 15.0. The molecule has 10 aromatic carbocycles. The molecular formula is C56H39N. The number of para-hydroxylation sites is 1. The lowest BCUT2D eigenvalue weighted by Crippen LogP contribution is -2.12. The van der Waals surface area contributed by atoms with Gasteiger partial charge in [0.25, 0.3) is 0 Å². The highest BCUT2D eigenvalue weighted by Crippen LogP contribution is 2.48. The second-order valence-corrected chi connectivity index (χ2v) is 14.5. The first-order chi connectivity index (χ1) is 28.3. The van der Waals surface area contributed by atoms with E-state index in [1.54, 1.807) is 0 Å². The van der Waals surface area contributed by atoms with E-state index in [9.17, 15) is 0 Å². The average Bonchev–Trinajstić information content (AvgIpc) is 3.30. The van der Waals surface area contributed by atoms with E-state index in [0.717, 1.165) is 33.8 Å². The topological polar surface area (TPSA) is 3.24 Å². The van der Waals surface area contributed by atoms with Gasteiger partial charge in [-0.3, -0.25) is 0 Å². The summed E-state index contributed by atoms with van der Waals surface area (Å²) in [7, 11) is 0. The molecular weight excluding hydrogens is 687 g/mol. The molecule has 10 aromatic rings. The van der Waals surface area contributed by atoms with Crippen LogP contribution in [-0.4, -0.2) is 0 Å². The van der Waals surface area contributed by atoms with Crippen molar-refractivity contribution < 1.29 is 0 Å². The van der Waals surface area contributed by atoms with Crippen molar-refractivity contribution in [3.63, 3.8) is 0 Å². The maximum Gasteiger partial charge on any atom is 0.0540 e. The maximum atomic E-state index is 2.46. The molecule has 0 spiro atoms. The summed E-state index contributed by atoms with van der Waals surface area (Å²) in [5.74, 6) is 0. The summed E-state index contributed by atoms with van der Waals surface area (Å²) in [6, 6.07) is 85.8. The molecule has 0 aliphatic heterocycles. The Morgan fingerprint density at radius 2 is 0.702 bits per heavy atom. The van der Waals surface area contributed by atoms with Gasteiger partial charge in [0.15, 0.2) is 0 Å². The average molecular weight is 726 g/mol. The Bertz CT molecular complexity index is 2980. The van der Waals surface area contributed by atoms with E-state index >= 15 is 0 Å². The molecule has 268 valence electrons. The van der Waals surface area contributed by atoms with Crippen molar-refractivity contribution in [2.45, 2.75) is 0 Å². The lowest BCUT2D eigenvalue weighted by Gasteiger charge is -2.31. The van der Waals surface area contributed by atoms with E-state index in [4.69, 9.17) is 0 Å². The fourth-order valence-corrected chi connectivity index (χ4v) is 8.29. The van der Waals surface area contributed by atoms with Gasteiger partial charge in [0.2, 0.25) is 0 Å². The molecule has 0 N–H and O–H groups in total. The first-order valence-corrected chi connectivity index (χ1v) is 19.6. The number of hydrogen-bond acceptors (Lipinski definition) is 1. The SMILES string of the molecule is c1ccc(-c2ccc(N(c3ccc(-c4ccc5ccccc5c4)cc3)c3ccccc3-c3cccc4cccc(-c5ccccc5)c34)c(-c3ccccc3)c2)cc1. The van der Waals surface area contributed by atoms with Crippen molar-refractivity contribution in [2.75, 3.05) is 4.90 Å². The lowest BCUT2D eigenvalue weighted by molar-refractivity contribution is 1.28. The first kappa shape index (κ1) is 34.0. The van der Waals surface area contributed by atoms with Gasteiger partial charge >= 0.3 is 0 Å². The van der Waals surface area contributed by atoms with E-state index in [-0.39, 0.29) is 0 Å². The van der Waals surface area contributed by atoms with Gasteiger partial charge in [-0.1, -0.05) is 200 Å². The third-order valence-electron chi connectivity index (χ3n) is 11.1. The van der Waals surface area contributed by atoms with Crippen LogP contribution in [0, 0.1) is 0 Å². The number of rotatable bonds is 8. The molecule has 0 unspecified atom stereocenters. The number of hydrogen-bond donors (Lipinski definition) is 0. The molecule has 57 heavy (non-hydrogen) atoms. The van der Waals surface area contributed by atoms with Crippen molar-refractivity contribution in [3.8, 4) is 55.6 Å². The third kappa shape index (κ3) is 6.56. The molecule has 10 rings (SSSR count). The Kier molecular flexibility index (Phi) is 8.95. The monoisotopic (exact) mass is 725 g/mol. The molecule has 0 heterocycles. The molecule has 0 bridgehead atoms. The molecule has 0 aliphatic carbocycles. The van der Waals surface area contributed by atoms with Crippen LogP contribution in [0.3, 0.4) is 0 Å². The van der Waals surface area contributed by atoms with Gasteiger partial charge in [0, 0.05) is 16.8 Å². The minimum absolute atomic E-state index is 1.08. The standard InChI is InChI=1S/C56H39N/c1-4-16-40(17-5-1)48-34-37-55(53(39-48)44-21-8-3-9-22-44)57(49-35-32-42(33-36-49)47-31-30-41-18-10-11-23-46(41)38-47)54-29-13-12-26-51(54)52-28-15-25-45-24-14-27-50(56(45)52)43-19-6-2-7-20-43/h1-39H. The highest BCUT2D eigenvalue weighted by molar-refractivity contribution is 6.09. The van der Waals surface area contributed by atoms with Gasteiger partial charge in [0.05, 0.1) is 11.4 Å². The smallest absolute Gasteiger partial charge is 0.0540 e. The Labute approximate surface area is 334 Å². The van der Waals surface area contributed by atoms with Crippen LogP contribution in [0.25, 0.3) is 77.2 Å². The van der Waals surface area contributed by atoms with E-state index < -0.39 is 0 Å². The van der Waals surface area contributed by atoms with Crippen molar-refractivity contribution >= 4 is 38.6 Å². The molecule has 1 nitrogen and oxygen atoms in total. The minimum atomic E-state index is 1.08. The van der Waals surface area contributed by atoms with Crippen molar-refractivity contribution in [1.82, 2.24) is 0 Å². The maximum absolute atomic E-state index is 2.46. The predicted molar refractivity (Wildman–Crippen MR) is 243 cm³/mol. The van der Waals surface area contributed by atoms with Crippen LogP contribution in [0.4, 0.5) is 17.1 Å². The molecule has 0 saturated carbocycles. The molecule has 0 atom stereocenters. The van der Waals surface area contributed by atoms with Gasteiger partial charge in [0.1, 0.15) is 0 Å². The summed E-state index contributed by atoms with van der Waals surface area (Å²) in [5, 5.41) is 4.95. The fraction of sp³-hybridized carbons (Fsp3) is 0. The zero-order valence-corrected chi connectivity index (χ0v) is 31.5. The normalized spacial score (nSPS) is 11.2. The first-order valence-electron chi connectivity index (χ1n) is 19.6. The van der Waals surface area contributed by atoms with E-state index in [1.165, 1.54) is 60.5 Å².